The molecule has 0 saturated carbocycles. The molecule has 0 fully saturated rings. The molecular weight excluding hydrogens is 323 g/mol. The largest absolute Gasteiger partial charge is 0.497 e. The van der Waals surface area contributed by atoms with Gasteiger partial charge >= 0.3 is 0 Å². The van der Waals surface area contributed by atoms with E-state index in [0.717, 1.165) is 11.1 Å². The fourth-order valence-corrected chi connectivity index (χ4v) is 2.46. The second-order valence-corrected chi connectivity index (χ2v) is 5.28. The Bertz CT molecular complexity index is 774. The van der Waals surface area contributed by atoms with Gasteiger partial charge in [-0.25, -0.2) is 0 Å². The maximum Gasteiger partial charge on any atom is 0.175 e. The van der Waals surface area contributed by atoms with Crippen LogP contribution in [0.3, 0.4) is 0 Å². The van der Waals surface area contributed by atoms with Crippen LogP contribution in [0.5, 0.6) is 5.75 Å². The van der Waals surface area contributed by atoms with Crippen LogP contribution in [0.2, 0.25) is 10.0 Å². The lowest BCUT2D eigenvalue weighted by Gasteiger charge is -2.16. The summed E-state index contributed by atoms with van der Waals surface area (Å²) in [4.78, 5) is 0. The molecule has 0 aliphatic carbocycles. The smallest absolute Gasteiger partial charge is 0.175 e. The molecule has 0 atom stereocenters. The van der Waals surface area contributed by atoms with E-state index in [2.05, 4.69) is 21.1 Å². The van der Waals surface area contributed by atoms with Gasteiger partial charge < -0.3 is 4.74 Å². The van der Waals surface area contributed by atoms with Gasteiger partial charge in [0.05, 0.1) is 17.2 Å². The van der Waals surface area contributed by atoms with E-state index in [4.69, 9.17) is 27.9 Å². The Balaban J connectivity index is 1.83. The van der Waals surface area contributed by atoms with Crippen LogP contribution in [0.4, 0.5) is 0 Å². The zero-order valence-electron chi connectivity index (χ0n) is 11.6. The molecule has 0 amide bonds. The Hall–Kier alpha value is -2.24. The van der Waals surface area contributed by atoms with Crippen molar-refractivity contribution in [1.29, 1.82) is 0 Å². The second kappa shape index (κ2) is 6.25. The predicted molar refractivity (Wildman–Crippen MR) is 88.8 cm³/mol. The zero-order valence-corrected chi connectivity index (χ0v) is 13.1. The van der Waals surface area contributed by atoms with E-state index in [9.17, 15) is 0 Å². The summed E-state index contributed by atoms with van der Waals surface area (Å²) in [6.45, 7) is 0. The van der Waals surface area contributed by atoms with Gasteiger partial charge in [-0.1, -0.05) is 35.3 Å². The fourth-order valence-electron chi connectivity index (χ4n) is 1.98. The van der Waals surface area contributed by atoms with E-state index in [1.165, 1.54) is 0 Å². The number of hydrazone groups is 2. The van der Waals surface area contributed by atoms with Crippen molar-refractivity contribution in [1.82, 2.24) is 10.9 Å². The number of hydrogen-bond acceptors (Lipinski definition) is 5. The summed E-state index contributed by atoms with van der Waals surface area (Å²) in [6.07, 6.45) is 0. The topological polar surface area (TPSA) is 58.0 Å². The minimum absolute atomic E-state index is 0.517. The molecule has 2 N–H and O–H groups in total. The highest BCUT2D eigenvalue weighted by Crippen LogP contribution is 2.23. The summed E-state index contributed by atoms with van der Waals surface area (Å²) < 4.78 is 5.12. The van der Waals surface area contributed by atoms with Crippen molar-refractivity contribution in [3.63, 3.8) is 0 Å². The molecule has 0 aromatic heterocycles. The van der Waals surface area contributed by atoms with Gasteiger partial charge in [-0.15, -0.1) is 0 Å². The van der Waals surface area contributed by atoms with Gasteiger partial charge in [0.15, 0.2) is 11.7 Å². The molecule has 0 radical (unpaired) electrons. The highest BCUT2D eigenvalue weighted by molar-refractivity contribution is 6.35. The third-order valence-electron chi connectivity index (χ3n) is 3.11. The number of nitrogens with zero attached hydrogens (tertiary/aromatic N) is 2. The molecule has 1 aliphatic rings. The summed E-state index contributed by atoms with van der Waals surface area (Å²) in [5, 5.41) is 9.62. The third kappa shape index (κ3) is 2.86. The van der Waals surface area contributed by atoms with Crippen molar-refractivity contribution >= 4 is 34.9 Å². The van der Waals surface area contributed by atoms with E-state index >= 15 is 0 Å². The number of ether oxygens (including phenoxy) is 1. The lowest BCUT2D eigenvalue weighted by Crippen LogP contribution is -2.34. The Morgan fingerprint density at radius 2 is 1.50 bits per heavy atom. The van der Waals surface area contributed by atoms with E-state index in [1.807, 2.05) is 24.3 Å². The van der Waals surface area contributed by atoms with Gasteiger partial charge in [-0.2, -0.15) is 10.2 Å². The number of benzene rings is 2. The average Bonchev–Trinajstić information content (AvgIpc) is 2.55. The molecule has 0 spiro atoms. The van der Waals surface area contributed by atoms with Crippen molar-refractivity contribution in [3.05, 3.63) is 63.6 Å². The highest BCUT2D eigenvalue weighted by Gasteiger charge is 2.15. The standard InChI is InChI=1S/C15H12Cl2N4O/c1-22-9-6-7-11(13(17)8-9)15-20-18-14(19-21-15)10-4-2-3-5-12(10)16/h2-8H,1H3,(H,18,19)(H,20,21). The Kier molecular flexibility index (Phi) is 4.18. The van der Waals surface area contributed by atoms with Gasteiger partial charge in [-0.3, -0.25) is 10.9 Å². The summed E-state index contributed by atoms with van der Waals surface area (Å²) >= 11 is 12.4. The van der Waals surface area contributed by atoms with Gasteiger partial charge in [0.2, 0.25) is 0 Å². The molecule has 7 heteroatoms. The predicted octanol–water partition coefficient (Wildman–Crippen LogP) is 3.22. The molecule has 0 bridgehead atoms. The summed E-state index contributed by atoms with van der Waals surface area (Å²) in [5.74, 6) is 1.74. The molecule has 22 heavy (non-hydrogen) atoms. The van der Waals surface area contributed by atoms with Gasteiger partial charge in [-0.05, 0) is 30.3 Å². The summed E-state index contributed by atoms with van der Waals surface area (Å²) in [7, 11) is 1.59. The number of nitrogens with one attached hydrogen (secondary N) is 2. The first kappa shape index (κ1) is 14.7. The van der Waals surface area contributed by atoms with Crippen molar-refractivity contribution < 1.29 is 4.74 Å². The van der Waals surface area contributed by atoms with Gasteiger partial charge in [0, 0.05) is 11.1 Å². The van der Waals surface area contributed by atoms with Crippen LogP contribution in [0.1, 0.15) is 11.1 Å². The van der Waals surface area contributed by atoms with Crippen LogP contribution in [-0.4, -0.2) is 18.8 Å². The van der Waals surface area contributed by atoms with Crippen LogP contribution in [0, 0.1) is 0 Å². The Morgan fingerprint density at radius 1 is 0.864 bits per heavy atom. The summed E-state index contributed by atoms with van der Waals surface area (Å²) in [6, 6.07) is 12.7. The Labute approximate surface area is 137 Å². The molecule has 5 nitrogen and oxygen atoms in total. The molecule has 3 rings (SSSR count). The summed E-state index contributed by atoms with van der Waals surface area (Å²) in [5.41, 5.74) is 7.25. The third-order valence-corrected chi connectivity index (χ3v) is 3.75. The minimum Gasteiger partial charge on any atom is -0.497 e. The Morgan fingerprint density at radius 3 is 2.05 bits per heavy atom. The second-order valence-electron chi connectivity index (χ2n) is 4.47. The average molecular weight is 335 g/mol. The van der Waals surface area contributed by atoms with Crippen molar-refractivity contribution in [3.8, 4) is 5.75 Å². The first-order chi connectivity index (χ1) is 10.7. The van der Waals surface area contributed by atoms with E-state index < -0.39 is 0 Å². The number of methoxy groups -OCH3 is 1. The van der Waals surface area contributed by atoms with E-state index in [0.29, 0.717) is 27.5 Å². The first-order valence-electron chi connectivity index (χ1n) is 6.45. The molecule has 2 aromatic carbocycles. The highest BCUT2D eigenvalue weighted by atomic mass is 35.5. The molecule has 2 aromatic rings. The van der Waals surface area contributed by atoms with E-state index in [-0.39, 0.29) is 0 Å². The molecule has 1 aliphatic heterocycles. The molecular formula is C15H12Cl2N4O. The van der Waals surface area contributed by atoms with Gasteiger partial charge in [0.1, 0.15) is 5.75 Å². The molecule has 112 valence electrons. The van der Waals surface area contributed by atoms with Gasteiger partial charge in [0.25, 0.3) is 0 Å². The van der Waals surface area contributed by atoms with Crippen molar-refractivity contribution in [2.75, 3.05) is 7.11 Å². The quantitative estimate of drug-likeness (QED) is 0.906. The number of amidine groups is 2. The van der Waals surface area contributed by atoms with Crippen LogP contribution >= 0.6 is 23.2 Å². The molecule has 0 saturated heterocycles. The van der Waals surface area contributed by atoms with Crippen LogP contribution in [0.15, 0.2) is 52.7 Å². The maximum absolute atomic E-state index is 6.22. The van der Waals surface area contributed by atoms with Crippen LogP contribution in [-0.2, 0) is 0 Å². The monoisotopic (exact) mass is 334 g/mol. The van der Waals surface area contributed by atoms with Crippen LogP contribution in [0.25, 0.3) is 0 Å². The van der Waals surface area contributed by atoms with Crippen molar-refractivity contribution in [2.24, 2.45) is 10.2 Å². The first-order valence-corrected chi connectivity index (χ1v) is 7.21. The lowest BCUT2D eigenvalue weighted by molar-refractivity contribution is 0.415. The van der Waals surface area contributed by atoms with Crippen LogP contribution < -0.4 is 15.6 Å². The van der Waals surface area contributed by atoms with E-state index in [1.54, 1.807) is 25.3 Å². The maximum atomic E-state index is 6.22. The molecule has 1 heterocycles. The number of rotatable bonds is 3. The fraction of sp³-hybridized carbons (Fsp3) is 0.0667. The number of halogens is 2. The zero-order chi connectivity index (χ0) is 15.5. The minimum atomic E-state index is 0.517. The van der Waals surface area contributed by atoms with Crippen molar-refractivity contribution in [2.45, 2.75) is 0 Å². The lowest BCUT2D eigenvalue weighted by atomic mass is 10.2. The molecule has 0 unspecified atom stereocenters. The SMILES string of the molecule is COc1ccc(C2=NNC(c3ccccc3Cl)=NN2)c(Cl)c1. The normalized spacial score (nSPS) is 13.6. The number of hydrogen-bond donors (Lipinski definition) is 2.